The average Bonchev–Trinajstić information content (AvgIpc) is 2.03. The number of thioether (sulfide) groups is 1. The summed E-state index contributed by atoms with van der Waals surface area (Å²) in [4.78, 5) is 15.2. The van der Waals surface area contributed by atoms with E-state index in [1.54, 1.807) is 17.8 Å². The molecule has 1 aromatic heterocycles. The van der Waals surface area contributed by atoms with Gasteiger partial charge in [0.2, 0.25) is 0 Å². The molecular weight excluding hydrogens is 186 g/mol. The third kappa shape index (κ3) is 3.06. The van der Waals surface area contributed by atoms with E-state index in [4.69, 9.17) is 5.11 Å². The second-order valence-corrected chi connectivity index (χ2v) is 4.50. The zero-order valence-electron chi connectivity index (χ0n) is 7.52. The Morgan fingerprint density at radius 2 is 2.31 bits per heavy atom. The number of hydrogen-bond acceptors (Lipinski definition) is 3. The van der Waals surface area contributed by atoms with Crippen molar-refractivity contribution in [2.75, 3.05) is 0 Å². The van der Waals surface area contributed by atoms with Gasteiger partial charge in [-0.25, -0.2) is 9.78 Å². The SMILES string of the molecule is CC(C)Sc1ccnc(C(=O)O)c1. The second kappa shape index (κ2) is 4.28. The summed E-state index contributed by atoms with van der Waals surface area (Å²) < 4.78 is 0. The molecule has 0 amide bonds. The minimum absolute atomic E-state index is 0.102. The van der Waals surface area contributed by atoms with Crippen LogP contribution >= 0.6 is 11.8 Å². The summed E-state index contributed by atoms with van der Waals surface area (Å²) in [6, 6.07) is 3.41. The molecule has 0 saturated carbocycles. The smallest absolute Gasteiger partial charge is 0.354 e. The van der Waals surface area contributed by atoms with Crippen LogP contribution in [0.5, 0.6) is 0 Å². The van der Waals surface area contributed by atoms with Crippen LogP contribution in [-0.4, -0.2) is 21.3 Å². The van der Waals surface area contributed by atoms with Gasteiger partial charge in [-0.1, -0.05) is 13.8 Å². The van der Waals surface area contributed by atoms with Gasteiger partial charge in [0.25, 0.3) is 0 Å². The fraction of sp³-hybridized carbons (Fsp3) is 0.333. The Balaban J connectivity index is 2.85. The molecule has 0 spiro atoms. The van der Waals surface area contributed by atoms with Gasteiger partial charge in [0.15, 0.2) is 0 Å². The van der Waals surface area contributed by atoms with E-state index in [1.165, 1.54) is 6.20 Å². The van der Waals surface area contributed by atoms with Crippen molar-refractivity contribution in [1.29, 1.82) is 0 Å². The Morgan fingerprint density at radius 3 is 2.85 bits per heavy atom. The number of rotatable bonds is 3. The van der Waals surface area contributed by atoms with Crippen molar-refractivity contribution >= 4 is 17.7 Å². The highest BCUT2D eigenvalue weighted by atomic mass is 32.2. The van der Waals surface area contributed by atoms with E-state index in [-0.39, 0.29) is 5.69 Å². The molecule has 13 heavy (non-hydrogen) atoms. The standard InChI is InChI=1S/C9H11NO2S/c1-6(2)13-7-3-4-10-8(5-7)9(11)12/h3-6H,1-2H3,(H,11,12). The molecule has 0 unspecified atom stereocenters. The Morgan fingerprint density at radius 1 is 1.62 bits per heavy atom. The van der Waals surface area contributed by atoms with Crippen LogP contribution < -0.4 is 0 Å². The van der Waals surface area contributed by atoms with Crippen molar-refractivity contribution in [1.82, 2.24) is 4.98 Å². The van der Waals surface area contributed by atoms with Crippen molar-refractivity contribution in [2.24, 2.45) is 0 Å². The Hall–Kier alpha value is -1.03. The lowest BCUT2D eigenvalue weighted by Gasteiger charge is -2.04. The molecule has 70 valence electrons. The second-order valence-electron chi connectivity index (χ2n) is 2.85. The Bertz CT molecular complexity index is 312. The summed E-state index contributed by atoms with van der Waals surface area (Å²) in [6.45, 7) is 4.12. The maximum absolute atomic E-state index is 10.6. The van der Waals surface area contributed by atoms with Gasteiger partial charge >= 0.3 is 5.97 Å². The number of carboxylic acids is 1. The summed E-state index contributed by atoms with van der Waals surface area (Å²) >= 11 is 1.63. The van der Waals surface area contributed by atoms with E-state index in [0.29, 0.717) is 5.25 Å². The predicted octanol–water partition coefficient (Wildman–Crippen LogP) is 2.28. The van der Waals surface area contributed by atoms with E-state index in [9.17, 15) is 4.79 Å². The van der Waals surface area contributed by atoms with E-state index < -0.39 is 5.97 Å². The minimum Gasteiger partial charge on any atom is -0.477 e. The number of carbonyl (C=O) groups is 1. The Labute approximate surface area is 81.2 Å². The van der Waals surface area contributed by atoms with Gasteiger partial charge in [-0.3, -0.25) is 0 Å². The molecule has 1 rings (SSSR count). The number of pyridine rings is 1. The van der Waals surface area contributed by atoms with Crippen LogP contribution in [0.4, 0.5) is 0 Å². The molecule has 0 aliphatic heterocycles. The molecule has 0 bridgehead atoms. The monoisotopic (exact) mass is 197 g/mol. The lowest BCUT2D eigenvalue weighted by atomic mass is 10.3. The quantitative estimate of drug-likeness (QED) is 0.755. The highest BCUT2D eigenvalue weighted by molar-refractivity contribution is 7.99. The number of aromatic carboxylic acids is 1. The summed E-state index contributed by atoms with van der Waals surface area (Å²) in [7, 11) is 0. The first-order chi connectivity index (χ1) is 6.09. The summed E-state index contributed by atoms with van der Waals surface area (Å²) in [6.07, 6.45) is 1.52. The van der Waals surface area contributed by atoms with Crippen molar-refractivity contribution < 1.29 is 9.90 Å². The van der Waals surface area contributed by atoms with Crippen LogP contribution in [0.15, 0.2) is 23.2 Å². The van der Waals surface area contributed by atoms with Gasteiger partial charge in [0, 0.05) is 16.3 Å². The molecule has 0 saturated heterocycles. The van der Waals surface area contributed by atoms with Crippen molar-refractivity contribution in [3.63, 3.8) is 0 Å². The van der Waals surface area contributed by atoms with Gasteiger partial charge in [0.05, 0.1) is 0 Å². The van der Waals surface area contributed by atoms with Gasteiger partial charge in [0.1, 0.15) is 5.69 Å². The molecule has 4 heteroatoms. The molecule has 0 atom stereocenters. The zero-order valence-corrected chi connectivity index (χ0v) is 8.34. The van der Waals surface area contributed by atoms with Gasteiger partial charge in [-0.2, -0.15) is 0 Å². The Kier molecular flexibility index (Phi) is 3.31. The highest BCUT2D eigenvalue weighted by Crippen LogP contribution is 2.22. The largest absolute Gasteiger partial charge is 0.477 e. The fourth-order valence-electron chi connectivity index (χ4n) is 0.874. The molecule has 0 aliphatic rings. The molecule has 1 aromatic rings. The summed E-state index contributed by atoms with van der Waals surface area (Å²) in [5.41, 5.74) is 0.102. The maximum atomic E-state index is 10.6. The molecule has 1 heterocycles. The van der Waals surface area contributed by atoms with Gasteiger partial charge in [-0.15, -0.1) is 11.8 Å². The third-order valence-electron chi connectivity index (χ3n) is 1.32. The molecule has 0 aliphatic carbocycles. The molecular formula is C9H11NO2S. The van der Waals surface area contributed by atoms with Crippen LogP contribution in [0.25, 0.3) is 0 Å². The molecule has 0 aromatic carbocycles. The van der Waals surface area contributed by atoms with Gasteiger partial charge < -0.3 is 5.11 Å². The van der Waals surface area contributed by atoms with Gasteiger partial charge in [-0.05, 0) is 12.1 Å². The first kappa shape index (κ1) is 10.1. The normalized spacial score (nSPS) is 10.4. The number of nitrogens with zero attached hydrogens (tertiary/aromatic N) is 1. The van der Waals surface area contributed by atoms with Crippen molar-refractivity contribution in [3.8, 4) is 0 Å². The highest BCUT2D eigenvalue weighted by Gasteiger charge is 2.05. The predicted molar refractivity (Wildman–Crippen MR) is 52.2 cm³/mol. The van der Waals surface area contributed by atoms with Crippen LogP contribution in [0.3, 0.4) is 0 Å². The number of carboxylic acid groups (broad SMARTS) is 1. The maximum Gasteiger partial charge on any atom is 0.354 e. The summed E-state index contributed by atoms with van der Waals surface area (Å²) in [5, 5.41) is 9.12. The number of aromatic nitrogens is 1. The lowest BCUT2D eigenvalue weighted by Crippen LogP contribution is -1.99. The van der Waals surface area contributed by atoms with E-state index in [1.807, 2.05) is 6.07 Å². The van der Waals surface area contributed by atoms with Crippen LogP contribution in [0.1, 0.15) is 24.3 Å². The molecule has 0 fully saturated rings. The summed E-state index contributed by atoms with van der Waals surface area (Å²) in [5.74, 6) is -0.980. The van der Waals surface area contributed by atoms with Crippen molar-refractivity contribution in [2.45, 2.75) is 24.0 Å². The topological polar surface area (TPSA) is 50.2 Å². The van der Waals surface area contributed by atoms with Crippen molar-refractivity contribution in [3.05, 3.63) is 24.0 Å². The zero-order chi connectivity index (χ0) is 9.84. The average molecular weight is 197 g/mol. The molecule has 1 N–H and O–H groups in total. The first-order valence-electron chi connectivity index (χ1n) is 3.95. The molecule has 3 nitrogen and oxygen atoms in total. The van der Waals surface area contributed by atoms with E-state index in [2.05, 4.69) is 18.8 Å². The lowest BCUT2D eigenvalue weighted by molar-refractivity contribution is 0.0690. The van der Waals surface area contributed by atoms with E-state index >= 15 is 0 Å². The third-order valence-corrected chi connectivity index (χ3v) is 2.32. The van der Waals surface area contributed by atoms with Crippen LogP contribution in [0.2, 0.25) is 0 Å². The first-order valence-corrected chi connectivity index (χ1v) is 4.83. The number of hydrogen-bond donors (Lipinski definition) is 1. The minimum atomic E-state index is -0.980. The molecule has 0 radical (unpaired) electrons. The fourth-order valence-corrected chi connectivity index (χ4v) is 1.74. The van der Waals surface area contributed by atoms with Crippen LogP contribution in [-0.2, 0) is 0 Å². The van der Waals surface area contributed by atoms with E-state index in [0.717, 1.165) is 4.90 Å². The van der Waals surface area contributed by atoms with Crippen LogP contribution in [0, 0.1) is 0 Å².